The molecule has 5 rings (SSSR count). The van der Waals surface area contributed by atoms with E-state index in [0.717, 1.165) is 25.9 Å². The lowest BCUT2D eigenvalue weighted by Crippen LogP contribution is -2.73. The zero-order valence-electron chi connectivity index (χ0n) is 18.0. The van der Waals surface area contributed by atoms with Gasteiger partial charge in [-0.05, 0) is 50.4 Å². The fourth-order valence-electron chi connectivity index (χ4n) is 6.25. The van der Waals surface area contributed by atoms with Gasteiger partial charge in [0.15, 0.2) is 6.10 Å². The standard InChI is InChI=1S/C21H34F3N5O2/c1-28-8-7-15(27-28)18-14-6-9-29(20(30)17-11-31-17)10-16(14)25-19(26-18)12-2-4-13(5-3-12)21(22,23)24/h12-19,25-27H,2-11H2,1H3. The van der Waals surface area contributed by atoms with Crippen LogP contribution in [0, 0.1) is 17.8 Å². The number of piperidine rings is 1. The number of hydrogen-bond donors (Lipinski definition) is 3. The molecule has 31 heavy (non-hydrogen) atoms. The minimum Gasteiger partial charge on any atom is -0.363 e. The number of hydrazine groups is 1. The smallest absolute Gasteiger partial charge is 0.363 e. The van der Waals surface area contributed by atoms with Gasteiger partial charge in [-0.1, -0.05) is 0 Å². The summed E-state index contributed by atoms with van der Waals surface area (Å²) >= 11 is 0. The van der Waals surface area contributed by atoms with Crippen molar-refractivity contribution in [1.29, 1.82) is 0 Å². The molecular weight excluding hydrogens is 411 g/mol. The van der Waals surface area contributed by atoms with Gasteiger partial charge < -0.3 is 9.64 Å². The maximum atomic E-state index is 13.1. The van der Waals surface area contributed by atoms with Crippen LogP contribution in [0.3, 0.4) is 0 Å². The number of hydrogen-bond acceptors (Lipinski definition) is 6. The first-order valence-corrected chi connectivity index (χ1v) is 11.8. The Hall–Kier alpha value is -0.940. The molecule has 0 aromatic heterocycles. The highest BCUT2D eigenvalue weighted by molar-refractivity contribution is 5.83. The van der Waals surface area contributed by atoms with E-state index in [1.807, 2.05) is 11.9 Å². The Bertz CT molecular complexity index is 668. The second-order valence-electron chi connectivity index (χ2n) is 10.1. The summed E-state index contributed by atoms with van der Waals surface area (Å²) in [6.45, 7) is 2.89. The van der Waals surface area contributed by atoms with Crippen LogP contribution < -0.4 is 16.1 Å². The molecular formula is C21H34F3N5O2. The van der Waals surface area contributed by atoms with Crippen molar-refractivity contribution in [2.75, 3.05) is 33.3 Å². The first kappa shape index (κ1) is 21.9. The highest BCUT2D eigenvalue weighted by atomic mass is 19.4. The van der Waals surface area contributed by atoms with Crippen molar-refractivity contribution in [3.8, 4) is 0 Å². The molecule has 4 saturated heterocycles. The summed E-state index contributed by atoms with van der Waals surface area (Å²) in [6, 6.07) is 0.708. The maximum absolute atomic E-state index is 13.1. The summed E-state index contributed by atoms with van der Waals surface area (Å²) in [6.07, 6.45) is -0.827. The summed E-state index contributed by atoms with van der Waals surface area (Å²) in [4.78, 5) is 14.5. The van der Waals surface area contributed by atoms with Gasteiger partial charge in [-0.2, -0.15) is 13.2 Å². The molecule has 5 aliphatic rings. The van der Waals surface area contributed by atoms with E-state index in [-0.39, 0.29) is 49.0 Å². The van der Waals surface area contributed by atoms with Crippen LogP contribution in [0.4, 0.5) is 13.2 Å². The van der Waals surface area contributed by atoms with E-state index in [1.54, 1.807) is 0 Å². The Balaban J connectivity index is 1.28. The first-order chi connectivity index (χ1) is 14.8. The highest BCUT2D eigenvalue weighted by Crippen LogP contribution is 2.41. The Morgan fingerprint density at radius 1 is 1.00 bits per heavy atom. The number of nitrogens with one attached hydrogen (secondary N) is 3. The number of halogens is 3. The molecule has 10 heteroatoms. The molecule has 0 aromatic rings. The molecule has 0 spiro atoms. The molecule has 5 fully saturated rings. The SMILES string of the molecule is CN1CCC(C2NC(C3CCC(C(F)(F)F)CC3)NC3CN(C(=O)C4CO4)CCC32)N1. The number of epoxide rings is 1. The van der Waals surface area contributed by atoms with Gasteiger partial charge in [0.25, 0.3) is 5.91 Å². The highest BCUT2D eigenvalue weighted by Gasteiger charge is 2.49. The van der Waals surface area contributed by atoms with Crippen LogP contribution in [0.5, 0.6) is 0 Å². The van der Waals surface area contributed by atoms with Gasteiger partial charge in [0.05, 0.1) is 18.7 Å². The molecule has 1 aliphatic carbocycles. The van der Waals surface area contributed by atoms with Crippen LogP contribution in [-0.4, -0.2) is 85.7 Å². The van der Waals surface area contributed by atoms with E-state index in [2.05, 4.69) is 21.1 Å². The van der Waals surface area contributed by atoms with Crippen molar-refractivity contribution < 1.29 is 22.7 Å². The molecule has 6 atom stereocenters. The second kappa shape index (κ2) is 8.44. The Labute approximate surface area is 181 Å². The first-order valence-electron chi connectivity index (χ1n) is 11.8. The molecule has 6 unspecified atom stereocenters. The quantitative estimate of drug-likeness (QED) is 0.565. The van der Waals surface area contributed by atoms with Crippen LogP contribution in [0.1, 0.15) is 38.5 Å². The summed E-state index contributed by atoms with van der Waals surface area (Å²) in [7, 11) is 2.05. The molecule has 0 radical (unpaired) electrons. The summed E-state index contributed by atoms with van der Waals surface area (Å²) in [5, 5.41) is 9.65. The Morgan fingerprint density at radius 2 is 1.74 bits per heavy atom. The molecule has 7 nitrogen and oxygen atoms in total. The molecule has 4 heterocycles. The molecule has 4 aliphatic heterocycles. The Kier molecular flexibility index (Phi) is 5.96. The average molecular weight is 446 g/mol. The molecule has 1 saturated carbocycles. The number of rotatable bonds is 3. The van der Waals surface area contributed by atoms with Crippen molar-refractivity contribution in [3.63, 3.8) is 0 Å². The van der Waals surface area contributed by atoms with Gasteiger partial charge >= 0.3 is 6.18 Å². The third-order valence-electron chi connectivity index (χ3n) is 8.11. The van der Waals surface area contributed by atoms with Crippen LogP contribution in [0.2, 0.25) is 0 Å². The third kappa shape index (κ3) is 4.59. The van der Waals surface area contributed by atoms with Gasteiger partial charge in [-0.25, -0.2) is 5.01 Å². The van der Waals surface area contributed by atoms with Gasteiger partial charge in [-0.15, -0.1) is 0 Å². The lowest BCUT2D eigenvalue weighted by molar-refractivity contribution is -0.185. The van der Waals surface area contributed by atoms with E-state index < -0.39 is 12.1 Å². The zero-order chi connectivity index (χ0) is 21.8. The van der Waals surface area contributed by atoms with Crippen LogP contribution in [0.25, 0.3) is 0 Å². The van der Waals surface area contributed by atoms with Gasteiger partial charge in [0, 0.05) is 44.8 Å². The molecule has 3 N–H and O–H groups in total. The molecule has 176 valence electrons. The topological polar surface area (TPSA) is 72.2 Å². The van der Waals surface area contributed by atoms with Crippen molar-refractivity contribution >= 4 is 5.91 Å². The van der Waals surface area contributed by atoms with E-state index >= 15 is 0 Å². The number of carbonyl (C=O) groups is 1. The lowest BCUT2D eigenvalue weighted by Gasteiger charge is -2.52. The number of ether oxygens (including phenoxy) is 1. The van der Waals surface area contributed by atoms with Gasteiger partial charge in [0.1, 0.15) is 0 Å². The van der Waals surface area contributed by atoms with E-state index in [0.29, 0.717) is 38.0 Å². The van der Waals surface area contributed by atoms with Gasteiger partial charge in [-0.3, -0.25) is 20.9 Å². The second-order valence-corrected chi connectivity index (χ2v) is 10.1. The van der Waals surface area contributed by atoms with Crippen LogP contribution in [0.15, 0.2) is 0 Å². The van der Waals surface area contributed by atoms with E-state index in [4.69, 9.17) is 4.74 Å². The fourth-order valence-corrected chi connectivity index (χ4v) is 6.25. The predicted molar refractivity (Wildman–Crippen MR) is 108 cm³/mol. The summed E-state index contributed by atoms with van der Waals surface area (Å²) in [5.41, 5.74) is 3.56. The number of fused-ring (bicyclic) bond motifs is 1. The monoisotopic (exact) mass is 445 g/mol. The van der Waals surface area contributed by atoms with Crippen molar-refractivity contribution in [2.45, 2.75) is 75.1 Å². The normalized spacial score (nSPS) is 44.2. The lowest BCUT2D eigenvalue weighted by atomic mass is 9.75. The van der Waals surface area contributed by atoms with E-state index in [1.165, 1.54) is 0 Å². The van der Waals surface area contributed by atoms with Crippen molar-refractivity contribution in [2.24, 2.45) is 17.8 Å². The van der Waals surface area contributed by atoms with Gasteiger partial charge in [0.2, 0.25) is 0 Å². The van der Waals surface area contributed by atoms with Crippen molar-refractivity contribution in [3.05, 3.63) is 0 Å². The zero-order valence-corrected chi connectivity index (χ0v) is 18.0. The predicted octanol–water partition coefficient (Wildman–Crippen LogP) is 1.07. The van der Waals surface area contributed by atoms with Crippen LogP contribution in [-0.2, 0) is 9.53 Å². The maximum Gasteiger partial charge on any atom is 0.391 e. The fraction of sp³-hybridized carbons (Fsp3) is 0.952. The summed E-state index contributed by atoms with van der Waals surface area (Å²) in [5.74, 6) is -0.520. The molecule has 1 amide bonds. The van der Waals surface area contributed by atoms with Crippen molar-refractivity contribution in [1.82, 2.24) is 26.0 Å². The Morgan fingerprint density at radius 3 is 2.35 bits per heavy atom. The number of likely N-dealkylation sites (tertiary alicyclic amines) is 1. The summed E-state index contributed by atoms with van der Waals surface area (Å²) < 4.78 is 44.6. The largest absolute Gasteiger partial charge is 0.391 e. The minimum absolute atomic E-state index is 0.0135. The number of amides is 1. The third-order valence-corrected chi connectivity index (χ3v) is 8.11. The average Bonchev–Trinajstić information content (AvgIpc) is 3.52. The van der Waals surface area contributed by atoms with E-state index in [9.17, 15) is 18.0 Å². The molecule has 0 aromatic carbocycles. The number of carbonyl (C=O) groups excluding carboxylic acids is 1. The van der Waals surface area contributed by atoms with Crippen LogP contribution >= 0.6 is 0 Å². The number of alkyl halides is 3. The minimum atomic E-state index is -4.08. The molecule has 0 bridgehead atoms. The number of nitrogens with zero attached hydrogens (tertiary/aromatic N) is 2.